The fourth-order valence-corrected chi connectivity index (χ4v) is 2.90. The highest BCUT2D eigenvalue weighted by molar-refractivity contribution is 6.10. The monoisotopic (exact) mass is 367 g/mol. The minimum absolute atomic E-state index is 0.1000. The number of anilines is 1. The van der Waals surface area contributed by atoms with E-state index in [1.54, 1.807) is 13.2 Å². The molecule has 2 aromatic carbocycles. The number of methoxy groups -OCH3 is 1. The molecule has 6 nitrogen and oxygen atoms in total. The number of aliphatic imine (C=N–C) groups is 1. The highest BCUT2D eigenvalue weighted by Crippen LogP contribution is 2.17. The maximum absolute atomic E-state index is 12.6. The molecule has 1 unspecified atom stereocenters. The summed E-state index contributed by atoms with van der Waals surface area (Å²) in [6, 6.07) is 14.9. The number of hydrogen-bond donors (Lipinski definition) is 2. The maximum Gasteiger partial charge on any atom is 0.257 e. The van der Waals surface area contributed by atoms with Gasteiger partial charge in [-0.25, -0.2) is 4.99 Å². The fraction of sp³-hybridized carbons (Fsp3) is 0.333. The van der Waals surface area contributed by atoms with E-state index < -0.39 is 0 Å². The summed E-state index contributed by atoms with van der Waals surface area (Å²) in [7, 11) is 1.62. The van der Waals surface area contributed by atoms with E-state index in [1.165, 1.54) is 0 Å². The molecule has 0 aromatic heterocycles. The summed E-state index contributed by atoms with van der Waals surface area (Å²) in [5, 5.41) is 6.05. The molecular weight excluding hydrogens is 342 g/mol. The van der Waals surface area contributed by atoms with Gasteiger partial charge in [-0.1, -0.05) is 23.8 Å². The van der Waals surface area contributed by atoms with Gasteiger partial charge in [0.15, 0.2) is 0 Å². The lowest BCUT2D eigenvalue weighted by Crippen LogP contribution is -2.36. The summed E-state index contributed by atoms with van der Waals surface area (Å²) in [6.07, 6.45) is 2.14. The van der Waals surface area contributed by atoms with Crippen LogP contribution in [-0.2, 0) is 4.74 Å². The van der Waals surface area contributed by atoms with Gasteiger partial charge in [-0.05, 0) is 44.0 Å². The third kappa shape index (κ3) is 5.56. The van der Waals surface area contributed by atoms with Gasteiger partial charge in [0.25, 0.3) is 5.91 Å². The van der Waals surface area contributed by atoms with Crippen LogP contribution in [0.25, 0.3) is 0 Å². The Hall–Kier alpha value is -2.86. The van der Waals surface area contributed by atoms with Crippen molar-refractivity contribution in [2.24, 2.45) is 4.99 Å². The van der Waals surface area contributed by atoms with Crippen molar-refractivity contribution >= 4 is 17.6 Å². The van der Waals surface area contributed by atoms with Gasteiger partial charge in [0.05, 0.1) is 19.8 Å². The van der Waals surface area contributed by atoms with Crippen LogP contribution < -0.4 is 15.4 Å². The smallest absolute Gasteiger partial charge is 0.257 e. The normalized spacial score (nSPS) is 16.8. The van der Waals surface area contributed by atoms with Crippen LogP contribution in [0, 0.1) is 6.92 Å². The highest BCUT2D eigenvalue weighted by atomic mass is 16.5. The van der Waals surface area contributed by atoms with Crippen LogP contribution in [0.2, 0.25) is 0 Å². The number of nitrogens with zero attached hydrogens (tertiary/aromatic N) is 1. The third-order valence-corrected chi connectivity index (χ3v) is 4.32. The van der Waals surface area contributed by atoms with Gasteiger partial charge in [-0.2, -0.15) is 0 Å². The van der Waals surface area contributed by atoms with Crippen molar-refractivity contribution < 1.29 is 14.3 Å². The van der Waals surface area contributed by atoms with Gasteiger partial charge in [0.1, 0.15) is 5.75 Å². The first-order chi connectivity index (χ1) is 13.1. The summed E-state index contributed by atoms with van der Waals surface area (Å²) >= 11 is 0. The standard InChI is InChI=1S/C21H25N3O3/c1-15-6-3-7-16(12-15)20(25)24-21(22-14-19-10-5-11-27-19)23-17-8-4-9-18(13-17)26-2/h3-4,6-9,12-13,19H,5,10-11,14H2,1-2H3,(H2,22,23,24,25). The van der Waals surface area contributed by atoms with Gasteiger partial charge in [-0.15, -0.1) is 0 Å². The van der Waals surface area contributed by atoms with Crippen LogP contribution in [0.1, 0.15) is 28.8 Å². The Morgan fingerprint density at radius 3 is 2.85 bits per heavy atom. The molecule has 0 bridgehead atoms. The second-order valence-corrected chi connectivity index (χ2v) is 6.50. The minimum atomic E-state index is -0.208. The molecule has 0 spiro atoms. The lowest BCUT2D eigenvalue weighted by Gasteiger charge is -2.14. The first-order valence-corrected chi connectivity index (χ1v) is 9.09. The average Bonchev–Trinajstić information content (AvgIpc) is 3.20. The number of aryl methyl sites for hydroxylation is 1. The number of guanidine groups is 1. The second-order valence-electron chi connectivity index (χ2n) is 6.50. The maximum atomic E-state index is 12.6. The summed E-state index contributed by atoms with van der Waals surface area (Å²) in [6.45, 7) is 3.23. The van der Waals surface area contributed by atoms with E-state index in [-0.39, 0.29) is 12.0 Å². The van der Waals surface area contributed by atoms with E-state index in [1.807, 2.05) is 49.4 Å². The zero-order valence-corrected chi connectivity index (χ0v) is 15.7. The van der Waals surface area contributed by atoms with Crippen molar-refractivity contribution in [1.82, 2.24) is 5.32 Å². The number of ether oxygens (including phenoxy) is 2. The Morgan fingerprint density at radius 2 is 2.11 bits per heavy atom. The second kappa shape index (κ2) is 9.19. The van der Waals surface area contributed by atoms with E-state index in [0.717, 1.165) is 36.4 Å². The van der Waals surface area contributed by atoms with Crippen LogP contribution in [0.4, 0.5) is 5.69 Å². The molecule has 1 fully saturated rings. The fourth-order valence-electron chi connectivity index (χ4n) is 2.90. The molecule has 2 N–H and O–H groups in total. The molecule has 2 aromatic rings. The predicted molar refractivity (Wildman–Crippen MR) is 107 cm³/mol. The molecule has 142 valence electrons. The largest absolute Gasteiger partial charge is 0.497 e. The molecule has 0 aliphatic carbocycles. The molecule has 0 radical (unpaired) electrons. The highest BCUT2D eigenvalue weighted by Gasteiger charge is 2.16. The number of rotatable bonds is 5. The zero-order chi connectivity index (χ0) is 19.1. The Balaban J connectivity index is 1.75. The number of nitrogens with one attached hydrogen (secondary N) is 2. The Kier molecular flexibility index (Phi) is 6.44. The molecule has 6 heteroatoms. The molecule has 1 saturated heterocycles. The number of carbonyl (C=O) groups excluding carboxylic acids is 1. The van der Waals surface area contributed by atoms with E-state index in [9.17, 15) is 4.79 Å². The van der Waals surface area contributed by atoms with Crippen LogP contribution in [0.5, 0.6) is 5.75 Å². The summed E-state index contributed by atoms with van der Waals surface area (Å²) in [4.78, 5) is 17.2. The van der Waals surface area contributed by atoms with Gasteiger partial charge >= 0.3 is 0 Å². The van der Waals surface area contributed by atoms with Crippen LogP contribution >= 0.6 is 0 Å². The van der Waals surface area contributed by atoms with Crippen molar-refractivity contribution in [3.8, 4) is 5.75 Å². The Labute approximate surface area is 159 Å². The molecule has 1 aliphatic rings. The third-order valence-electron chi connectivity index (χ3n) is 4.32. The Morgan fingerprint density at radius 1 is 1.26 bits per heavy atom. The molecule has 1 aliphatic heterocycles. The average molecular weight is 367 g/mol. The molecule has 1 amide bonds. The predicted octanol–water partition coefficient (Wildman–Crippen LogP) is 3.38. The van der Waals surface area contributed by atoms with Crippen LogP contribution in [0.3, 0.4) is 0 Å². The number of carbonyl (C=O) groups is 1. The molecular formula is C21H25N3O3. The van der Waals surface area contributed by atoms with E-state index in [4.69, 9.17) is 9.47 Å². The molecule has 1 atom stereocenters. The molecule has 27 heavy (non-hydrogen) atoms. The quantitative estimate of drug-likeness (QED) is 0.628. The van der Waals surface area contributed by atoms with Gasteiger partial charge in [0.2, 0.25) is 5.96 Å². The topological polar surface area (TPSA) is 71.9 Å². The number of hydrogen-bond acceptors (Lipinski definition) is 4. The van der Waals surface area contributed by atoms with Crippen LogP contribution in [-0.4, -0.2) is 38.2 Å². The van der Waals surface area contributed by atoms with E-state index in [2.05, 4.69) is 15.6 Å². The first kappa shape index (κ1) is 18.9. The SMILES string of the molecule is COc1cccc(NC(=NCC2CCCO2)NC(=O)c2cccc(C)c2)c1. The molecule has 1 heterocycles. The molecule has 0 saturated carbocycles. The van der Waals surface area contributed by atoms with Crippen molar-refractivity contribution in [3.05, 3.63) is 59.7 Å². The van der Waals surface area contributed by atoms with E-state index >= 15 is 0 Å². The van der Waals surface area contributed by atoms with Crippen molar-refractivity contribution in [2.45, 2.75) is 25.9 Å². The van der Waals surface area contributed by atoms with Gasteiger partial charge < -0.3 is 14.8 Å². The van der Waals surface area contributed by atoms with Crippen molar-refractivity contribution in [1.29, 1.82) is 0 Å². The summed E-state index contributed by atoms with van der Waals surface area (Å²) < 4.78 is 10.9. The van der Waals surface area contributed by atoms with E-state index in [0.29, 0.717) is 18.1 Å². The van der Waals surface area contributed by atoms with Crippen molar-refractivity contribution in [2.75, 3.05) is 25.6 Å². The lowest BCUT2D eigenvalue weighted by molar-refractivity contribution is 0.0975. The molecule has 3 rings (SSSR count). The lowest BCUT2D eigenvalue weighted by atomic mass is 10.1. The summed E-state index contributed by atoms with van der Waals surface area (Å²) in [5.74, 6) is 0.911. The number of amides is 1. The zero-order valence-electron chi connectivity index (χ0n) is 15.7. The van der Waals surface area contributed by atoms with Crippen LogP contribution in [0.15, 0.2) is 53.5 Å². The summed E-state index contributed by atoms with van der Waals surface area (Å²) in [5.41, 5.74) is 2.40. The first-order valence-electron chi connectivity index (χ1n) is 9.09. The van der Waals surface area contributed by atoms with Gasteiger partial charge in [-0.3, -0.25) is 10.1 Å². The van der Waals surface area contributed by atoms with Crippen molar-refractivity contribution in [3.63, 3.8) is 0 Å². The number of benzene rings is 2. The van der Waals surface area contributed by atoms with Gasteiger partial charge in [0, 0.05) is 23.9 Å². The minimum Gasteiger partial charge on any atom is -0.497 e. The Bertz CT molecular complexity index is 814.